The first kappa shape index (κ1) is 20.7. The van der Waals surface area contributed by atoms with Crippen LogP contribution in [-0.4, -0.2) is 27.2 Å². The number of carbonyl (C=O) groups is 1. The number of alkyl halides is 2. The Morgan fingerprint density at radius 1 is 1.23 bits per heavy atom. The number of nitrogens with one attached hydrogen (secondary N) is 1. The monoisotopic (exact) mass is 418 g/mol. The number of nitro benzene ring substituents is 1. The van der Waals surface area contributed by atoms with Crippen molar-refractivity contribution in [3.05, 3.63) is 76.1 Å². The second-order valence-corrected chi connectivity index (χ2v) is 6.07. The van der Waals surface area contributed by atoms with Gasteiger partial charge in [0.25, 0.3) is 5.91 Å². The van der Waals surface area contributed by atoms with Gasteiger partial charge in [0.1, 0.15) is 5.75 Å². The van der Waals surface area contributed by atoms with Crippen LogP contribution < -0.4 is 14.8 Å². The average molecular weight is 418 g/mol. The number of hydrogen-bond donors (Lipinski definition) is 1. The number of benzene rings is 2. The number of anilines is 1. The number of amides is 1. The van der Waals surface area contributed by atoms with Gasteiger partial charge in [0.2, 0.25) is 0 Å². The van der Waals surface area contributed by atoms with E-state index in [0.29, 0.717) is 0 Å². The number of para-hydroxylation sites is 2. The van der Waals surface area contributed by atoms with E-state index in [0.717, 1.165) is 5.56 Å². The second-order valence-electron chi connectivity index (χ2n) is 6.07. The molecule has 0 saturated heterocycles. The minimum Gasteiger partial charge on any atom is -0.464 e. The van der Waals surface area contributed by atoms with Crippen molar-refractivity contribution in [1.82, 2.24) is 9.78 Å². The molecule has 0 aliphatic rings. The first-order valence-electron chi connectivity index (χ1n) is 8.60. The van der Waals surface area contributed by atoms with Crippen molar-refractivity contribution in [2.45, 2.75) is 20.3 Å². The molecule has 1 aromatic heterocycles. The Hall–Kier alpha value is -4.02. The highest BCUT2D eigenvalue weighted by Gasteiger charge is 2.17. The highest BCUT2D eigenvalue weighted by molar-refractivity contribution is 6.03. The number of nitrogens with zero attached hydrogens (tertiary/aromatic N) is 3. The maximum Gasteiger partial charge on any atom is 0.387 e. The molecule has 1 N–H and O–H groups in total. The molecule has 0 bridgehead atoms. The second kappa shape index (κ2) is 8.99. The summed E-state index contributed by atoms with van der Waals surface area (Å²) in [4.78, 5) is 22.9. The van der Waals surface area contributed by atoms with Gasteiger partial charge in [-0.2, -0.15) is 13.9 Å². The van der Waals surface area contributed by atoms with Crippen LogP contribution >= 0.6 is 0 Å². The quantitative estimate of drug-likeness (QED) is 0.438. The van der Waals surface area contributed by atoms with Gasteiger partial charge < -0.3 is 14.8 Å². The van der Waals surface area contributed by atoms with Crippen LogP contribution in [0.4, 0.5) is 20.2 Å². The highest BCUT2D eigenvalue weighted by Crippen LogP contribution is 2.28. The third kappa shape index (κ3) is 5.07. The fourth-order valence-corrected chi connectivity index (χ4v) is 2.55. The van der Waals surface area contributed by atoms with Crippen LogP contribution in [0.25, 0.3) is 0 Å². The topological polar surface area (TPSA) is 109 Å². The molecule has 156 valence electrons. The molecule has 0 unspecified atom stereocenters. The maximum atomic E-state index is 12.6. The molecule has 0 atom stereocenters. The molecule has 0 saturated carbocycles. The molecule has 3 rings (SSSR count). The lowest BCUT2D eigenvalue weighted by atomic mass is 10.2. The third-order valence-corrected chi connectivity index (χ3v) is 3.89. The Morgan fingerprint density at radius 3 is 2.73 bits per heavy atom. The zero-order valence-corrected chi connectivity index (χ0v) is 15.6. The SMILES string of the molecule is Cc1ccc(OC(F)F)c(NC(=O)c2ccn(COc3ccccc3[N+](=O)[O-])n2)c1. The van der Waals surface area contributed by atoms with Gasteiger partial charge in [0.15, 0.2) is 18.2 Å². The zero-order chi connectivity index (χ0) is 21.7. The number of aromatic nitrogens is 2. The molecule has 2 aromatic carbocycles. The number of aryl methyl sites for hydroxylation is 1. The predicted molar refractivity (Wildman–Crippen MR) is 102 cm³/mol. The largest absolute Gasteiger partial charge is 0.464 e. The van der Waals surface area contributed by atoms with Crippen LogP contribution in [0.5, 0.6) is 11.5 Å². The molecule has 0 aliphatic heterocycles. The standard InChI is InChI=1S/C19H16F2N4O5/c1-12-6-7-16(30-19(20)21)14(10-12)22-18(26)13-8-9-24(23-13)11-29-17-5-3-2-4-15(17)25(27)28/h2-10,19H,11H2,1H3,(H,22,26). The summed E-state index contributed by atoms with van der Waals surface area (Å²) in [5.41, 5.74) is 0.598. The molecule has 0 spiro atoms. The van der Waals surface area contributed by atoms with Crippen LogP contribution in [0.2, 0.25) is 0 Å². The summed E-state index contributed by atoms with van der Waals surface area (Å²) < 4.78 is 36.2. The Balaban J connectivity index is 1.69. The van der Waals surface area contributed by atoms with Gasteiger partial charge in [-0.15, -0.1) is 0 Å². The normalized spacial score (nSPS) is 10.7. The lowest BCUT2D eigenvalue weighted by molar-refractivity contribution is -0.386. The van der Waals surface area contributed by atoms with Crippen molar-refractivity contribution < 1.29 is 28.0 Å². The van der Waals surface area contributed by atoms with Crippen LogP contribution in [0.3, 0.4) is 0 Å². The Morgan fingerprint density at radius 2 is 2.00 bits per heavy atom. The van der Waals surface area contributed by atoms with Gasteiger partial charge >= 0.3 is 12.3 Å². The molecule has 11 heteroatoms. The number of nitro groups is 1. The van der Waals surface area contributed by atoms with E-state index in [1.54, 1.807) is 19.1 Å². The molecular formula is C19H16F2N4O5. The van der Waals surface area contributed by atoms with Crippen LogP contribution in [0.1, 0.15) is 16.1 Å². The predicted octanol–water partition coefficient (Wildman–Crippen LogP) is 3.99. The van der Waals surface area contributed by atoms with Crippen molar-refractivity contribution in [2.75, 3.05) is 5.32 Å². The summed E-state index contributed by atoms with van der Waals surface area (Å²) in [7, 11) is 0. The van der Waals surface area contributed by atoms with E-state index in [1.807, 2.05) is 0 Å². The number of ether oxygens (including phenoxy) is 2. The van der Waals surface area contributed by atoms with E-state index in [1.165, 1.54) is 47.3 Å². The molecule has 9 nitrogen and oxygen atoms in total. The first-order chi connectivity index (χ1) is 14.3. The number of halogens is 2. The van der Waals surface area contributed by atoms with Gasteiger partial charge in [-0.3, -0.25) is 14.9 Å². The molecule has 0 radical (unpaired) electrons. The van der Waals surface area contributed by atoms with Gasteiger partial charge in [-0.1, -0.05) is 18.2 Å². The molecule has 1 amide bonds. The Labute approximate surface area is 169 Å². The van der Waals surface area contributed by atoms with E-state index >= 15 is 0 Å². The van der Waals surface area contributed by atoms with E-state index in [2.05, 4.69) is 15.2 Å². The lowest BCUT2D eigenvalue weighted by Crippen LogP contribution is -2.16. The van der Waals surface area contributed by atoms with Gasteiger partial charge in [0, 0.05) is 12.3 Å². The van der Waals surface area contributed by atoms with E-state index in [4.69, 9.17) is 4.74 Å². The minimum absolute atomic E-state index is 0.00864. The van der Waals surface area contributed by atoms with Crippen molar-refractivity contribution >= 4 is 17.3 Å². The van der Waals surface area contributed by atoms with Crippen LogP contribution in [0, 0.1) is 17.0 Å². The molecule has 3 aromatic rings. The summed E-state index contributed by atoms with van der Waals surface area (Å²) in [6.45, 7) is -1.49. The molecular weight excluding hydrogens is 402 g/mol. The molecule has 1 heterocycles. The smallest absolute Gasteiger partial charge is 0.387 e. The van der Waals surface area contributed by atoms with Gasteiger partial charge in [-0.25, -0.2) is 4.68 Å². The molecule has 0 aliphatic carbocycles. The summed E-state index contributed by atoms with van der Waals surface area (Å²) in [6, 6.07) is 11.6. The minimum atomic E-state index is -3.04. The highest BCUT2D eigenvalue weighted by atomic mass is 19.3. The van der Waals surface area contributed by atoms with Crippen molar-refractivity contribution in [3.8, 4) is 11.5 Å². The first-order valence-corrected chi connectivity index (χ1v) is 8.60. The fourth-order valence-electron chi connectivity index (χ4n) is 2.55. The van der Waals surface area contributed by atoms with Gasteiger partial charge in [0.05, 0.1) is 10.6 Å². The lowest BCUT2D eigenvalue weighted by Gasteiger charge is -2.12. The van der Waals surface area contributed by atoms with Crippen LogP contribution in [0.15, 0.2) is 54.7 Å². The van der Waals surface area contributed by atoms with Gasteiger partial charge in [-0.05, 0) is 36.8 Å². The maximum absolute atomic E-state index is 12.6. The van der Waals surface area contributed by atoms with Crippen molar-refractivity contribution in [1.29, 1.82) is 0 Å². The van der Waals surface area contributed by atoms with Crippen molar-refractivity contribution in [2.24, 2.45) is 0 Å². The summed E-state index contributed by atoms with van der Waals surface area (Å²) in [6.07, 6.45) is 1.44. The summed E-state index contributed by atoms with van der Waals surface area (Å²) >= 11 is 0. The van der Waals surface area contributed by atoms with E-state index in [9.17, 15) is 23.7 Å². The molecule has 0 fully saturated rings. The summed E-state index contributed by atoms with van der Waals surface area (Å²) in [5.74, 6) is -0.773. The van der Waals surface area contributed by atoms with E-state index < -0.39 is 17.4 Å². The summed E-state index contributed by atoms with van der Waals surface area (Å²) in [5, 5.41) is 17.5. The average Bonchev–Trinajstić information content (AvgIpc) is 3.17. The number of rotatable bonds is 8. The van der Waals surface area contributed by atoms with E-state index in [-0.39, 0.29) is 35.3 Å². The number of carbonyl (C=O) groups excluding carboxylic acids is 1. The van der Waals surface area contributed by atoms with Crippen LogP contribution in [-0.2, 0) is 6.73 Å². The Kier molecular flexibility index (Phi) is 6.20. The fraction of sp³-hybridized carbons (Fsp3) is 0.158. The van der Waals surface area contributed by atoms with Crippen molar-refractivity contribution in [3.63, 3.8) is 0 Å². The Bertz CT molecular complexity index is 1070. The third-order valence-electron chi connectivity index (χ3n) is 3.89. The molecule has 30 heavy (non-hydrogen) atoms. The zero-order valence-electron chi connectivity index (χ0n) is 15.6. The number of hydrogen-bond acceptors (Lipinski definition) is 6.